The number of fused-ring (bicyclic) bond motifs is 2. The Balaban J connectivity index is 1.77. The lowest BCUT2D eigenvalue weighted by atomic mass is 9.70. The van der Waals surface area contributed by atoms with Crippen LogP contribution >= 0.6 is 22.9 Å². The van der Waals surface area contributed by atoms with E-state index in [2.05, 4.69) is 31.3 Å². The number of hydrogen-bond donors (Lipinski definition) is 1. The lowest BCUT2D eigenvalue weighted by molar-refractivity contribution is 0.0958. The Morgan fingerprint density at radius 1 is 1.45 bits per heavy atom. The maximum Gasteiger partial charge on any atom is 0.281 e. The van der Waals surface area contributed by atoms with Crippen LogP contribution in [0.25, 0.3) is 0 Å². The van der Waals surface area contributed by atoms with Gasteiger partial charge in [-0.2, -0.15) is 5.10 Å². The lowest BCUT2D eigenvalue weighted by Gasteiger charge is -2.34. The zero-order chi connectivity index (χ0) is 14.5. The van der Waals surface area contributed by atoms with E-state index in [1.165, 1.54) is 24.2 Å². The molecule has 2 fully saturated rings. The second kappa shape index (κ2) is 4.57. The summed E-state index contributed by atoms with van der Waals surface area (Å²) >= 11 is 7.12. The quantitative estimate of drug-likeness (QED) is 0.811. The number of nitrogens with zero attached hydrogens (tertiary/aromatic N) is 1. The maximum absolute atomic E-state index is 12.0. The van der Waals surface area contributed by atoms with E-state index in [-0.39, 0.29) is 16.7 Å². The van der Waals surface area contributed by atoms with Gasteiger partial charge in [0.1, 0.15) is 0 Å². The zero-order valence-corrected chi connectivity index (χ0v) is 13.6. The molecule has 1 aromatic heterocycles. The minimum Gasteiger partial charge on any atom is -0.266 e. The van der Waals surface area contributed by atoms with Crippen LogP contribution in [0.15, 0.2) is 17.2 Å². The second-order valence-electron chi connectivity index (χ2n) is 6.60. The van der Waals surface area contributed by atoms with Crippen LogP contribution in [0.3, 0.4) is 0 Å². The Kier molecular flexibility index (Phi) is 3.22. The highest BCUT2D eigenvalue weighted by molar-refractivity contribution is 7.17. The van der Waals surface area contributed by atoms with Crippen molar-refractivity contribution in [3.63, 3.8) is 0 Å². The van der Waals surface area contributed by atoms with Crippen LogP contribution in [0.4, 0.5) is 0 Å². The molecule has 2 atom stereocenters. The summed E-state index contributed by atoms with van der Waals surface area (Å²) in [5.74, 6) is 0.526. The van der Waals surface area contributed by atoms with Gasteiger partial charge in [0.15, 0.2) is 0 Å². The summed E-state index contributed by atoms with van der Waals surface area (Å²) in [5, 5.41) is 4.44. The van der Waals surface area contributed by atoms with E-state index in [4.69, 9.17) is 11.6 Å². The normalized spacial score (nSPS) is 32.8. The fraction of sp³-hybridized carbons (Fsp3) is 0.600. The molecule has 0 unspecified atom stereocenters. The van der Waals surface area contributed by atoms with Gasteiger partial charge in [0.05, 0.1) is 9.21 Å². The summed E-state index contributed by atoms with van der Waals surface area (Å²) in [6.45, 7) is 6.94. The van der Waals surface area contributed by atoms with Crippen LogP contribution in [0.1, 0.15) is 49.7 Å². The Hall–Kier alpha value is -0.870. The third kappa shape index (κ3) is 1.92. The first kappa shape index (κ1) is 14.1. The molecule has 0 spiro atoms. The highest BCUT2D eigenvalue weighted by atomic mass is 35.5. The van der Waals surface area contributed by atoms with Crippen molar-refractivity contribution in [1.82, 2.24) is 5.43 Å². The van der Waals surface area contributed by atoms with E-state index in [0.717, 1.165) is 12.1 Å². The van der Waals surface area contributed by atoms with Gasteiger partial charge in [0.2, 0.25) is 0 Å². The number of hydrazone groups is 1. The van der Waals surface area contributed by atoms with Gasteiger partial charge in [-0.25, -0.2) is 5.43 Å². The molecule has 108 valence electrons. The third-order valence-electron chi connectivity index (χ3n) is 5.60. The predicted octanol–water partition coefficient (Wildman–Crippen LogP) is 4.33. The molecule has 1 N–H and O–H groups in total. The molecule has 1 aromatic rings. The third-order valence-corrected chi connectivity index (χ3v) is 6.83. The molecule has 0 aliphatic heterocycles. The van der Waals surface area contributed by atoms with Crippen molar-refractivity contribution in [2.75, 3.05) is 0 Å². The molecule has 0 saturated heterocycles. The molecular weight excluding hydrogens is 292 g/mol. The van der Waals surface area contributed by atoms with Gasteiger partial charge in [-0.15, -0.1) is 11.3 Å². The van der Waals surface area contributed by atoms with Gasteiger partial charge < -0.3 is 0 Å². The highest BCUT2D eigenvalue weighted by Gasteiger charge is 2.59. The van der Waals surface area contributed by atoms with Gasteiger partial charge in [-0.1, -0.05) is 32.4 Å². The largest absolute Gasteiger partial charge is 0.281 e. The van der Waals surface area contributed by atoms with Crippen LogP contribution in [0, 0.1) is 16.7 Å². The smallest absolute Gasteiger partial charge is 0.266 e. The van der Waals surface area contributed by atoms with Crippen molar-refractivity contribution in [2.45, 2.75) is 40.0 Å². The van der Waals surface area contributed by atoms with Crippen LogP contribution in [-0.4, -0.2) is 11.6 Å². The average Bonchev–Trinajstić information content (AvgIpc) is 2.97. The number of carbonyl (C=O) groups excluding carboxylic acids is 1. The minimum absolute atomic E-state index is 0.123. The number of hydrogen-bond acceptors (Lipinski definition) is 3. The van der Waals surface area contributed by atoms with E-state index in [0.29, 0.717) is 15.1 Å². The molecule has 20 heavy (non-hydrogen) atoms. The summed E-state index contributed by atoms with van der Waals surface area (Å²) in [6, 6.07) is 3.46. The Bertz CT molecular complexity index is 592. The molecule has 3 rings (SSSR count). The molecule has 2 aliphatic rings. The molecule has 1 amide bonds. The first-order chi connectivity index (χ1) is 9.34. The van der Waals surface area contributed by atoms with Crippen molar-refractivity contribution < 1.29 is 4.79 Å². The molecular formula is C15H19ClN2OS. The maximum atomic E-state index is 12.0. The van der Waals surface area contributed by atoms with Gasteiger partial charge in [0.25, 0.3) is 5.91 Å². The predicted molar refractivity (Wildman–Crippen MR) is 83.5 cm³/mol. The first-order valence-corrected chi connectivity index (χ1v) is 8.17. The summed E-state index contributed by atoms with van der Waals surface area (Å²) in [6.07, 6.45) is 3.45. The summed E-state index contributed by atoms with van der Waals surface area (Å²) < 4.78 is 0.621. The van der Waals surface area contributed by atoms with Crippen LogP contribution in [0.2, 0.25) is 4.34 Å². The second-order valence-corrected chi connectivity index (χ2v) is 8.31. The van der Waals surface area contributed by atoms with Crippen LogP contribution < -0.4 is 5.43 Å². The molecule has 1 heterocycles. The Morgan fingerprint density at radius 2 is 2.20 bits per heavy atom. The number of thiophene rings is 1. The first-order valence-electron chi connectivity index (χ1n) is 6.97. The van der Waals surface area contributed by atoms with Gasteiger partial charge in [-0.05, 0) is 42.7 Å². The Labute approximate surface area is 128 Å². The molecule has 0 aromatic carbocycles. The van der Waals surface area contributed by atoms with Crippen molar-refractivity contribution >= 4 is 34.6 Å². The number of halogens is 1. The van der Waals surface area contributed by atoms with Crippen molar-refractivity contribution in [3.05, 3.63) is 21.3 Å². The number of rotatable bonds is 2. The van der Waals surface area contributed by atoms with Crippen molar-refractivity contribution in [3.8, 4) is 0 Å². The summed E-state index contributed by atoms with van der Waals surface area (Å²) in [7, 11) is 0. The van der Waals surface area contributed by atoms with Crippen LogP contribution in [0.5, 0.6) is 0 Å². The fourth-order valence-corrected chi connectivity index (χ4v) is 4.64. The topological polar surface area (TPSA) is 41.5 Å². The lowest BCUT2D eigenvalue weighted by Crippen LogP contribution is -2.34. The molecule has 2 saturated carbocycles. The van der Waals surface area contributed by atoms with E-state index in [1.807, 2.05) is 0 Å². The van der Waals surface area contributed by atoms with Gasteiger partial charge in [0, 0.05) is 11.1 Å². The van der Waals surface area contributed by atoms with E-state index < -0.39 is 0 Å². The zero-order valence-electron chi connectivity index (χ0n) is 12.0. The van der Waals surface area contributed by atoms with Crippen molar-refractivity contribution in [2.24, 2.45) is 21.8 Å². The van der Waals surface area contributed by atoms with Crippen molar-refractivity contribution in [1.29, 1.82) is 0 Å². The Morgan fingerprint density at radius 3 is 2.70 bits per heavy atom. The molecule has 0 radical (unpaired) electrons. The fourth-order valence-electron chi connectivity index (χ4n) is 3.71. The minimum atomic E-state index is -0.168. The SMILES string of the molecule is CC1(C)[C@H]2CC[C@@]1(C)/C(=N/NC(=O)c1ccc(Cl)s1)C2. The average molecular weight is 311 g/mol. The summed E-state index contributed by atoms with van der Waals surface area (Å²) in [4.78, 5) is 12.6. The molecule has 3 nitrogen and oxygen atoms in total. The van der Waals surface area contributed by atoms with Gasteiger partial charge >= 0.3 is 0 Å². The monoisotopic (exact) mass is 310 g/mol. The molecule has 2 bridgehead atoms. The van der Waals surface area contributed by atoms with Crippen LogP contribution in [-0.2, 0) is 0 Å². The van der Waals surface area contributed by atoms with E-state index >= 15 is 0 Å². The number of amides is 1. The number of carbonyl (C=O) groups is 1. The molecule has 2 aliphatic carbocycles. The van der Waals surface area contributed by atoms with E-state index in [9.17, 15) is 4.79 Å². The standard InChI is InChI=1S/C15H19ClN2OS/c1-14(2)9-6-7-15(14,3)11(8-9)17-18-13(19)10-4-5-12(16)20-10/h4-5,9H,6-8H2,1-3H3,(H,18,19)/b17-11+/t9-,15-/m0/s1. The van der Waals surface area contributed by atoms with E-state index in [1.54, 1.807) is 12.1 Å². The summed E-state index contributed by atoms with van der Waals surface area (Å²) in [5.41, 5.74) is 4.25. The highest BCUT2D eigenvalue weighted by Crippen LogP contribution is 2.63. The number of nitrogens with one attached hydrogen (secondary N) is 1. The van der Waals surface area contributed by atoms with Gasteiger partial charge in [-0.3, -0.25) is 4.79 Å². The molecule has 5 heteroatoms.